The van der Waals surface area contributed by atoms with Gasteiger partial charge in [-0.3, -0.25) is 14.5 Å². The number of carbonyl (C=O) groups is 3. The van der Waals surface area contributed by atoms with E-state index in [1.54, 1.807) is 12.1 Å². The van der Waals surface area contributed by atoms with Gasteiger partial charge in [0.05, 0.1) is 0 Å². The molecule has 0 saturated carbocycles. The minimum absolute atomic E-state index is 0.0222. The van der Waals surface area contributed by atoms with Gasteiger partial charge in [0, 0.05) is 32.0 Å². The number of furan rings is 1. The molecule has 0 N–H and O–H groups in total. The van der Waals surface area contributed by atoms with Crippen LogP contribution in [0.5, 0.6) is 0 Å². The zero-order chi connectivity index (χ0) is 15.4. The summed E-state index contributed by atoms with van der Waals surface area (Å²) in [5.74, 6) is 0.802. The summed E-state index contributed by atoms with van der Waals surface area (Å²) in [4.78, 5) is 37.5. The van der Waals surface area contributed by atoms with Gasteiger partial charge in [0.25, 0.3) is 0 Å². The fraction of sp³-hybridized carbons (Fsp3) is 0.400. The lowest BCUT2D eigenvalue weighted by molar-refractivity contribution is -0.133. The summed E-state index contributed by atoms with van der Waals surface area (Å²) < 4.78 is 5.60. The second-order valence-corrected chi connectivity index (χ2v) is 4.95. The van der Waals surface area contributed by atoms with E-state index in [2.05, 4.69) is 6.58 Å². The number of carbonyl (C=O) groups excluding carboxylic acids is 3. The highest BCUT2D eigenvalue weighted by Crippen LogP contribution is 2.21. The molecule has 2 amide bonds. The van der Waals surface area contributed by atoms with Crippen molar-refractivity contribution in [3.8, 4) is 0 Å². The first-order valence-electron chi connectivity index (χ1n) is 6.81. The molecule has 1 aromatic rings. The van der Waals surface area contributed by atoms with Crippen LogP contribution >= 0.6 is 0 Å². The molecular weight excluding hydrogens is 272 g/mol. The van der Waals surface area contributed by atoms with Crippen LogP contribution in [0, 0.1) is 0 Å². The summed E-state index contributed by atoms with van der Waals surface area (Å²) >= 11 is 0. The van der Waals surface area contributed by atoms with Crippen molar-refractivity contribution in [2.24, 2.45) is 0 Å². The lowest BCUT2D eigenvalue weighted by Crippen LogP contribution is -2.52. The average molecular weight is 290 g/mol. The average Bonchev–Trinajstić information content (AvgIpc) is 2.92. The molecule has 0 radical (unpaired) electrons. The normalized spacial score (nSPS) is 15.2. The molecule has 6 heteroatoms. The van der Waals surface area contributed by atoms with E-state index >= 15 is 0 Å². The molecule has 2 heterocycles. The van der Waals surface area contributed by atoms with E-state index < -0.39 is 0 Å². The molecule has 0 unspecified atom stereocenters. The number of ketones is 1. The zero-order valence-corrected chi connectivity index (χ0v) is 12.0. The van der Waals surface area contributed by atoms with E-state index in [4.69, 9.17) is 4.42 Å². The summed E-state index contributed by atoms with van der Waals surface area (Å²) in [6, 6.07) is 3.49. The van der Waals surface area contributed by atoms with Crippen molar-refractivity contribution in [3.05, 3.63) is 30.5 Å². The molecule has 0 aliphatic carbocycles. The number of piperazine rings is 1. The Morgan fingerprint density at radius 3 is 2.76 bits per heavy atom. The summed E-state index contributed by atoms with van der Waals surface area (Å²) in [7, 11) is 0. The first kappa shape index (κ1) is 15.0. The van der Waals surface area contributed by atoms with Gasteiger partial charge >= 0.3 is 0 Å². The lowest BCUT2D eigenvalue weighted by atomic mass is 10.2. The minimum atomic E-state index is -0.246. The summed E-state index contributed by atoms with van der Waals surface area (Å²) in [5, 5.41) is 0. The Morgan fingerprint density at radius 2 is 2.14 bits per heavy atom. The standard InChI is InChI=1S/C15H18N2O4/c1-3-13(19)16-8-9-17(14(20)10-16)15-7-6-12(21-15)5-4-11(2)18/h3,6-7H,1,4-5,8-10H2,2H3. The number of hydrogen-bond donors (Lipinski definition) is 0. The molecule has 112 valence electrons. The van der Waals surface area contributed by atoms with Crippen LogP contribution in [0.15, 0.2) is 29.2 Å². The van der Waals surface area contributed by atoms with Crippen molar-refractivity contribution in [3.63, 3.8) is 0 Å². The molecular formula is C15H18N2O4. The topological polar surface area (TPSA) is 70.8 Å². The molecule has 1 aliphatic rings. The SMILES string of the molecule is C=CC(=O)N1CCN(c2ccc(CCC(C)=O)o2)C(=O)C1. The molecule has 0 atom stereocenters. The Morgan fingerprint density at radius 1 is 1.38 bits per heavy atom. The van der Waals surface area contributed by atoms with Crippen LogP contribution < -0.4 is 4.90 Å². The van der Waals surface area contributed by atoms with Crippen molar-refractivity contribution in [2.45, 2.75) is 19.8 Å². The smallest absolute Gasteiger partial charge is 0.248 e. The second kappa shape index (κ2) is 6.39. The van der Waals surface area contributed by atoms with Crippen molar-refractivity contribution in [1.82, 2.24) is 4.90 Å². The van der Waals surface area contributed by atoms with E-state index in [1.165, 1.54) is 22.8 Å². The van der Waals surface area contributed by atoms with Crippen LogP contribution in [-0.2, 0) is 20.8 Å². The molecule has 0 spiro atoms. The third-order valence-electron chi connectivity index (χ3n) is 3.34. The van der Waals surface area contributed by atoms with Crippen molar-refractivity contribution >= 4 is 23.5 Å². The number of amides is 2. The maximum Gasteiger partial charge on any atom is 0.248 e. The van der Waals surface area contributed by atoms with Gasteiger partial charge in [0.15, 0.2) is 0 Å². The highest BCUT2D eigenvalue weighted by molar-refractivity contribution is 5.98. The fourth-order valence-electron chi connectivity index (χ4n) is 2.17. The van der Waals surface area contributed by atoms with Gasteiger partial charge in [0.2, 0.25) is 17.7 Å². The Hall–Kier alpha value is -2.37. The van der Waals surface area contributed by atoms with Gasteiger partial charge in [0.1, 0.15) is 18.1 Å². The van der Waals surface area contributed by atoms with Gasteiger partial charge in [-0.1, -0.05) is 6.58 Å². The first-order chi connectivity index (χ1) is 10.0. The largest absolute Gasteiger partial charge is 0.445 e. The Bertz CT molecular complexity index is 576. The van der Waals surface area contributed by atoms with Crippen molar-refractivity contribution in [1.29, 1.82) is 0 Å². The van der Waals surface area contributed by atoms with Gasteiger partial charge in [-0.05, 0) is 19.1 Å². The fourth-order valence-corrected chi connectivity index (χ4v) is 2.17. The van der Waals surface area contributed by atoms with Crippen molar-refractivity contribution < 1.29 is 18.8 Å². The zero-order valence-electron chi connectivity index (χ0n) is 12.0. The van der Waals surface area contributed by atoms with Crippen LogP contribution in [0.3, 0.4) is 0 Å². The Kier molecular flexibility index (Phi) is 4.57. The Balaban J connectivity index is 2.00. The van der Waals surface area contributed by atoms with Crippen LogP contribution in [0.25, 0.3) is 0 Å². The highest BCUT2D eigenvalue weighted by Gasteiger charge is 2.28. The predicted octanol–water partition coefficient (Wildman–Crippen LogP) is 1.16. The van der Waals surface area contributed by atoms with Crippen LogP contribution in [0.2, 0.25) is 0 Å². The van der Waals surface area contributed by atoms with E-state index in [-0.39, 0.29) is 24.1 Å². The monoisotopic (exact) mass is 290 g/mol. The van der Waals surface area contributed by atoms with E-state index in [0.717, 1.165) is 0 Å². The third kappa shape index (κ3) is 3.59. The molecule has 1 aromatic heterocycles. The van der Waals surface area contributed by atoms with E-state index in [1.807, 2.05) is 0 Å². The van der Waals surface area contributed by atoms with Gasteiger partial charge in [-0.2, -0.15) is 0 Å². The van der Waals surface area contributed by atoms with Gasteiger partial charge in [-0.25, -0.2) is 0 Å². The number of anilines is 1. The third-order valence-corrected chi connectivity index (χ3v) is 3.34. The van der Waals surface area contributed by atoms with Crippen LogP contribution in [0.4, 0.5) is 5.88 Å². The van der Waals surface area contributed by atoms with Crippen LogP contribution in [0.1, 0.15) is 19.1 Å². The summed E-state index contributed by atoms with van der Waals surface area (Å²) in [6.07, 6.45) is 2.15. The van der Waals surface area contributed by atoms with Gasteiger partial charge < -0.3 is 14.1 Å². The molecule has 6 nitrogen and oxygen atoms in total. The summed E-state index contributed by atoms with van der Waals surface area (Å²) in [6.45, 7) is 5.80. The highest BCUT2D eigenvalue weighted by atomic mass is 16.4. The van der Waals surface area contributed by atoms with Crippen molar-refractivity contribution in [2.75, 3.05) is 24.5 Å². The number of rotatable bonds is 5. The van der Waals surface area contributed by atoms with E-state index in [0.29, 0.717) is 37.6 Å². The first-order valence-corrected chi connectivity index (χ1v) is 6.81. The molecule has 21 heavy (non-hydrogen) atoms. The predicted molar refractivity (Wildman–Crippen MR) is 76.8 cm³/mol. The number of hydrogen-bond acceptors (Lipinski definition) is 4. The maximum atomic E-state index is 12.1. The number of aryl methyl sites for hydroxylation is 1. The van der Waals surface area contributed by atoms with Crippen LogP contribution in [-0.4, -0.2) is 42.1 Å². The molecule has 0 aromatic carbocycles. The maximum absolute atomic E-state index is 12.1. The molecule has 2 rings (SSSR count). The molecule has 1 fully saturated rings. The lowest BCUT2D eigenvalue weighted by Gasteiger charge is -2.32. The molecule has 1 saturated heterocycles. The van der Waals surface area contributed by atoms with E-state index in [9.17, 15) is 14.4 Å². The number of nitrogens with zero attached hydrogens (tertiary/aromatic N) is 2. The minimum Gasteiger partial charge on any atom is -0.445 e. The van der Waals surface area contributed by atoms with Gasteiger partial charge in [-0.15, -0.1) is 0 Å². The second-order valence-electron chi connectivity index (χ2n) is 4.95. The molecule has 0 bridgehead atoms. The summed E-state index contributed by atoms with van der Waals surface area (Å²) in [5.41, 5.74) is 0. The Labute approximate surface area is 123 Å². The number of Topliss-reactive ketones (excluding diaryl/α,β-unsaturated/α-hetero) is 1. The quantitative estimate of drug-likeness (QED) is 0.763. The molecule has 1 aliphatic heterocycles.